The number of methoxy groups -OCH3 is 1. The Balaban J connectivity index is 1.43. The lowest BCUT2D eigenvalue weighted by Crippen LogP contribution is -2.46. The first-order valence-corrected chi connectivity index (χ1v) is 8.62. The second kappa shape index (κ2) is 7.02. The molecule has 1 aromatic carbocycles. The van der Waals surface area contributed by atoms with Crippen molar-refractivity contribution in [3.05, 3.63) is 47.9 Å². The van der Waals surface area contributed by atoms with E-state index in [1.807, 2.05) is 30.3 Å². The molecule has 7 heteroatoms. The summed E-state index contributed by atoms with van der Waals surface area (Å²) in [6, 6.07) is 12.1. The summed E-state index contributed by atoms with van der Waals surface area (Å²) >= 11 is 0. The maximum atomic E-state index is 9.35. The minimum atomic E-state index is 0.531. The van der Waals surface area contributed by atoms with E-state index in [1.54, 1.807) is 13.3 Å². The molecular weight excluding hydrogens is 328 g/mol. The lowest BCUT2D eigenvalue weighted by atomic mass is 10.2. The number of anilines is 1. The van der Waals surface area contributed by atoms with Crippen molar-refractivity contribution in [1.82, 2.24) is 19.9 Å². The van der Waals surface area contributed by atoms with Gasteiger partial charge in [0.1, 0.15) is 11.9 Å². The van der Waals surface area contributed by atoms with Crippen molar-refractivity contribution in [2.45, 2.75) is 6.54 Å². The molecule has 132 valence electrons. The van der Waals surface area contributed by atoms with Gasteiger partial charge in [-0.05, 0) is 12.1 Å². The summed E-state index contributed by atoms with van der Waals surface area (Å²) in [6.45, 7) is 4.32. The summed E-state index contributed by atoms with van der Waals surface area (Å²) < 4.78 is 5.20. The molecule has 1 saturated heterocycles. The number of aromatic amines is 1. The van der Waals surface area contributed by atoms with Crippen LogP contribution in [0.3, 0.4) is 0 Å². The minimum Gasteiger partial charge on any atom is -0.481 e. The summed E-state index contributed by atoms with van der Waals surface area (Å²) in [5.41, 5.74) is 3.55. The first-order chi connectivity index (χ1) is 12.8. The van der Waals surface area contributed by atoms with Crippen molar-refractivity contribution in [3.8, 4) is 11.9 Å². The lowest BCUT2D eigenvalue weighted by molar-refractivity contribution is 0.245. The zero-order valence-electron chi connectivity index (χ0n) is 14.6. The Morgan fingerprint density at radius 2 is 2.04 bits per heavy atom. The van der Waals surface area contributed by atoms with Crippen LogP contribution in [0.2, 0.25) is 0 Å². The van der Waals surface area contributed by atoms with E-state index in [1.165, 1.54) is 0 Å². The number of aromatic nitrogens is 3. The van der Waals surface area contributed by atoms with Crippen molar-refractivity contribution in [2.75, 3.05) is 38.2 Å². The number of pyridine rings is 1. The van der Waals surface area contributed by atoms with E-state index in [9.17, 15) is 5.26 Å². The average Bonchev–Trinajstić information content (AvgIpc) is 3.10. The highest BCUT2D eigenvalue weighted by molar-refractivity contribution is 5.74. The largest absolute Gasteiger partial charge is 0.481 e. The fourth-order valence-corrected chi connectivity index (χ4v) is 3.32. The van der Waals surface area contributed by atoms with Gasteiger partial charge in [0.2, 0.25) is 5.88 Å². The van der Waals surface area contributed by atoms with Gasteiger partial charge in [0.25, 0.3) is 0 Å². The molecule has 0 spiro atoms. The summed E-state index contributed by atoms with van der Waals surface area (Å²) in [7, 11) is 1.59. The Bertz CT molecular complexity index is 919. The van der Waals surface area contributed by atoms with Crippen LogP contribution in [-0.2, 0) is 6.54 Å². The maximum absolute atomic E-state index is 9.35. The smallest absolute Gasteiger partial charge is 0.215 e. The van der Waals surface area contributed by atoms with Crippen molar-refractivity contribution in [2.24, 2.45) is 0 Å². The Kier molecular flexibility index (Phi) is 4.42. The zero-order valence-corrected chi connectivity index (χ0v) is 14.6. The molecule has 1 aliphatic rings. The Hall–Kier alpha value is -3.11. The van der Waals surface area contributed by atoms with E-state index < -0.39 is 0 Å². The van der Waals surface area contributed by atoms with E-state index in [2.05, 4.69) is 30.8 Å². The van der Waals surface area contributed by atoms with Gasteiger partial charge in [-0.2, -0.15) is 5.26 Å². The summed E-state index contributed by atoms with van der Waals surface area (Å²) in [6.07, 6.45) is 1.58. The summed E-state index contributed by atoms with van der Waals surface area (Å²) in [5, 5.41) is 9.35. The predicted molar refractivity (Wildman–Crippen MR) is 99.1 cm³/mol. The molecule has 2 aromatic heterocycles. The third kappa shape index (κ3) is 3.19. The molecule has 1 N–H and O–H groups in total. The first kappa shape index (κ1) is 16.4. The average molecular weight is 348 g/mol. The SMILES string of the molecule is COc1cc(N2CCN(Cc3nc4ccccc4[nH]3)CC2)c(C#N)cn1. The van der Waals surface area contributed by atoms with Crippen molar-refractivity contribution in [3.63, 3.8) is 0 Å². The third-order valence-corrected chi connectivity index (χ3v) is 4.71. The van der Waals surface area contributed by atoms with Crippen LogP contribution < -0.4 is 9.64 Å². The monoisotopic (exact) mass is 348 g/mol. The second-order valence-corrected chi connectivity index (χ2v) is 6.32. The molecule has 3 aromatic rings. The van der Waals surface area contributed by atoms with Gasteiger partial charge in [-0.1, -0.05) is 12.1 Å². The van der Waals surface area contributed by atoms with Gasteiger partial charge in [0.05, 0.1) is 42.1 Å². The van der Waals surface area contributed by atoms with Crippen LogP contribution in [0.15, 0.2) is 36.5 Å². The number of ether oxygens (including phenoxy) is 1. The molecule has 1 fully saturated rings. The molecule has 0 amide bonds. The number of para-hydroxylation sites is 2. The number of nitrogens with one attached hydrogen (secondary N) is 1. The van der Waals surface area contributed by atoms with Crippen LogP contribution in [0.4, 0.5) is 5.69 Å². The van der Waals surface area contributed by atoms with Gasteiger partial charge < -0.3 is 14.6 Å². The van der Waals surface area contributed by atoms with Gasteiger partial charge in [0.15, 0.2) is 0 Å². The van der Waals surface area contributed by atoms with Gasteiger partial charge in [0, 0.05) is 32.2 Å². The molecule has 0 radical (unpaired) electrons. The van der Waals surface area contributed by atoms with Gasteiger partial charge in [-0.25, -0.2) is 9.97 Å². The van der Waals surface area contributed by atoms with Crippen LogP contribution in [0.5, 0.6) is 5.88 Å². The van der Waals surface area contributed by atoms with Crippen molar-refractivity contribution in [1.29, 1.82) is 5.26 Å². The van der Waals surface area contributed by atoms with Gasteiger partial charge >= 0.3 is 0 Å². The number of imidazole rings is 1. The van der Waals surface area contributed by atoms with Gasteiger partial charge in [-0.3, -0.25) is 4.90 Å². The minimum absolute atomic E-state index is 0.531. The van der Waals surface area contributed by atoms with E-state index >= 15 is 0 Å². The molecule has 0 atom stereocenters. The molecule has 26 heavy (non-hydrogen) atoms. The normalized spacial score (nSPS) is 15.2. The zero-order chi connectivity index (χ0) is 17.9. The van der Waals surface area contributed by atoms with Crippen LogP contribution in [0.1, 0.15) is 11.4 Å². The van der Waals surface area contributed by atoms with Crippen molar-refractivity contribution >= 4 is 16.7 Å². The first-order valence-electron chi connectivity index (χ1n) is 8.62. The Morgan fingerprint density at radius 3 is 2.77 bits per heavy atom. The number of hydrogen-bond donors (Lipinski definition) is 1. The highest BCUT2D eigenvalue weighted by Gasteiger charge is 2.21. The molecule has 1 aliphatic heterocycles. The molecule has 4 rings (SSSR count). The standard InChI is InChI=1S/C19H20N6O/c1-26-19-10-17(14(11-20)12-21-19)25-8-6-24(7-9-25)13-18-22-15-4-2-3-5-16(15)23-18/h2-5,10,12H,6-9,13H2,1H3,(H,22,23). The van der Waals surface area contributed by atoms with Crippen LogP contribution >= 0.6 is 0 Å². The van der Waals surface area contributed by atoms with E-state index in [0.717, 1.165) is 55.3 Å². The van der Waals surface area contributed by atoms with Crippen LogP contribution in [0, 0.1) is 11.3 Å². The van der Waals surface area contributed by atoms with E-state index in [-0.39, 0.29) is 0 Å². The number of nitrogens with zero attached hydrogens (tertiary/aromatic N) is 5. The molecule has 0 saturated carbocycles. The number of fused-ring (bicyclic) bond motifs is 1. The predicted octanol–water partition coefficient (Wildman–Crippen LogP) is 2.16. The third-order valence-electron chi connectivity index (χ3n) is 4.71. The van der Waals surface area contributed by atoms with Crippen LogP contribution in [0.25, 0.3) is 11.0 Å². The van der Waals surface area contributed by atoms with E-state index in [4.69, 9.17) is 4.74 Å². The molecular formula is C19H20N6O. The number of rotatable bonds is 4. The molecule has 0 aliphatic carbocycles. The molecule has 7 nitrogen and oxygen atoms in total. The number of H-pyrrole nitrogens is 1. The Labute approximate surface area is 151 Å². The maximum Gasteiger partial charge on any atom is 0.215 e. The van der Waals surface area contributed by atoms with Crippen LogP contribution in [-0.4, -0.2) is 53.1 Å². The van der Waals surface area contributed by atoms with Gasteiger partial charge in [-0.15, -0.1) is 0 Å². The highest BCUT2D eigenvalue weighted by Crippen LogP contribution is 2.25. The number of piperazine rings is 1. The molecule has 3 heterocycles. The summed E-state index contributed by atoms with van der Waals surface area (Å²) in [5.74, 6) is 1.52. The number of hydrogen-bond acceptors (Lipinski definition) is 6. The number of benzene rings is 1. The topological polar surface area (TPSA) is 81.1 Å². The van der Waals surface area contributed by atoms with E-state index in [0.29, 0.717) is 11.4 Å². The number of nitriles is 1. The molecule has 0 unspecified atom stereocenters. The lowest BCUT2D eigenvalue weighted by Gasteiger charge is -2.36. The Morgan fingerprint density at radius 1 is 1.23 bits per heavy atom. The summed E-state index contributed by atoms with van der Waals surface area (Å²) in [4.78, 5) is 16.8. The van der Waals surface area contributed by atoms with Crippen molar-refractivity contribution < 1.29 is 4.74 Å². The fourth-order valence-electron chi connectivity index (χ4n) is 3.32. The quantitative estimate of drug-likeness (QED) is 0.778. The fraction of sp³-hybridized carbons (Fsp3) is 0.316. The highest BCUT2D eigenvalue weighted by atomic mass is 16.5. The molecule has 0 bridgehead atoms. The second-order valence-electron chi connectivity index (χ2n) is 6.32.